The van der Waals surface area contributed by atoms with Crippen molar-refractivity contribution in [2.24, 2.45) is 0 Å². The van der Waals surface area contributed by atoms with Crippen LogP contribution in [-0.4, -0.2) is 0 Å². The standard InChI is InChI=1S/C15H14.3C2H6/c1-10-7-8-14-13-6-4-3-5-12(13)11(2)15(14)9-10;3*1-2/h3-9,11H,1-2H3;3*1-2H3. The molecule has 0 bridgehead atoms. The molecule has 0 amide bonds. The highest BCUT2D eigenvalue weighted by Gasteiger charge is 2.24. The van der Waals surface area contributed by atoms with Crippen LogP contribution in [0, 0.1) is 6.92 Å². The zero-order valence-electron chi connectivity index (χ0n) is 15.1. The van der Waals surface area contributed by atoms with E-state index in [4.69, 9.17) is 0 Å². The Balaban J connectivity index is 0.000000598. The fourth-order valence-electron chi connectivity index (χ4n) is 2.57. The van der Waals surface area contributed by atoms with Crippen molar-refractivity contribution >= 4 is 0 Å². The third kappa shape index (κ3) is 4.20. The lowest BCUT2D eigenvalue weighted by atomic mass is 9.98. The van der Waals surface area contributed by atoms with E-state index in [1.165, 1.54) is 27.8 Å². The molecule has 0 nitrogen and oxygen atoms in total. The average molecular weight is 284 g/mol. The van der Waals surface area contributed by atoms with Crippen molar-refractivity contribution in [1.82, 2.24) is 0 Å². The summed E-state index contributed by atoms with van der Waals surface area (Å²) in [4.78, 5) is 0. The van der Waals surface area contributed by atoms with E-state index < -0.39 is 0 Å². The molecule has 21 heavy (non-hydrogen) atoms. The number of hydrogen-bond donors (Lipinski definition) is 0. The highest BCUT2D eigenvalue weighted by molar-refractivity contribution is 5.78. The monoisotopic (exact) mass is 284 g/mol. The van der Waals surface area contributed by atoms with Crippen LogP contribution in [0.5, 0.6) is 0 Å². The fraction of sp³-hybridized carbons (Fsp3) is 0.429. The SMILES string of the molecule is CC.CC.CC.Cc1ccc2c(c1)C(C)c1ccccc1-2. The van der Waals surface area contributed by atoms with E-state index in [1.807, 2.05) is 41.5 Å². The zero-order valence-corrected chi connectivity index (χ0v) is 15.1. The van der Waals surface area contributed by atoms with Gasteiger partial charge in [-0.2, -0.15) is 0 Å². The van der Waals surface area contributed by atoms with Gasteiger partial charge >= 0.3 is 0 Å². The number of benzene rings is 2. The van der Waals surface area contributed by atoms with Gasteiger partial charge in [-0.3, -0.25) is 0 Å². The molecule has 1 aliphatic rings. The van der Waals surface area contributed by atoms with Gasteiger partial charge in [0, 0.05) is 5.92 Å². The van der Waals surface area contributed by atoms with E-state index >= 15 is 0 Å². The van der Waals surface area contributed by atoms with E-state index in [0.29, 0.717) is 5.92 Å². The summed E-state index contributed by atoms with van der Waals surface area (Å²) in [6.45, 7) is 16.5. The van der Waals surface area contributed by atoms with Gasteiger partial charge in [0.05, 0.1) is 0 Å². The van der Waals surface area contributed by atoms with Crippen LogP contribution < -0.4 is 0 Å². The summed E-state index contributed by atoms with van der Waals surface area (Å²) in [7, 11) is 0. The lowest BCUT2D eigenvalue weighted by Crippen LogP contribution is -1.89. The molecule has 0 spiro atoms. The minimum absolute atomic E-state index is 0.552. The molecule has 0 saturated carbocycles. The quantitative estimate of drug-likeness (QED) is 0.479. The van der Waals surface area contributed by atoms with Gasteiger partial charge in [0.15, 0.2) is 0 Å². The van der Waals surface area contributed by atoms with Gasteiger partial charge in [0.1, 0.15) is 0 Å². The van der Waals surface area contributed by atoms with Gasteiger partial charge in [0.2, 0.25) is 0 Å². The first-order chi connectivity index (χ1) is 10.3. The Morgan fingerprint density at radius 1 is 0.667 bits per heavy atom. The average Bonchev–Trinajstić information content (AvgIpc) is 2.86. The summed E-state index contributed by atoms with van der Waals surface area (Å²) in [5, 5.41) is 0. The van der Waals surface area contributed by atoms with E-state index in [2.05, 4.69) is 56.3 Å². The van der Waals surface area contributed by atoms with Crippen molar-refractivity contribution in [3.63, 3.8) is 0 Å². The maximum atomic E-state index is 2.32. The number of fused-ring (bicyclic) bond motifs is 3. The second-order valence-corrected chi connectivity index (χ2v) is 4.40. The number of aryl methyl sites for hydroxylation is 1. The molecule has 0 N–H and O–H groups in total. The van der Waals surface area contributed by atoms with Crippen LogP contribution in [-0.2, 0) is 0 Å². The van der Waals surface area contributed by atoms with E-state index in [-0.39, 0.29) is 0 Å². The summed E-state index contributed by atoms with van der Waals surface area (Å²) in [6.07, 6.45) is 0. The molecule has 0 saturated heterocycles. The van der Waals surface area contributed by atoms with Crippen LogP contribution in [0.15, 0.2) is 42.5 Å². The largest absolute Gasteiger partial charge is 0.0683 e. The second kappa shape index (κ2) is 10.2. The van der Waals surface area contributed by atoms with Gasteiger partial charge in [-0.05, 0) is 29.2 Å². The first kappa shape index (κ1) is 19.4. The molecule has 1 aliphatic carbocycles. The van der Waals surface area contributed by atoms with Crippen molar-refractivity contribution in [3.8, 4) is 11.1 Å². The van der Waals surface area contributed by atoms with Gasteiger partial charge in [-0.15, -0.1) is 0 Å². The summed E-state index contributed by atoms with van der Waals surface area (Å²) in [6, 6.07) is 15.5. The smallest absolute Gasteiger partial charge is 0.00734 e. The number of rotatable bonds is 0. The van der Waals surface area contributed by atoms with Crippen LogP contribution in [0.3, 0.4) is 0 Å². The van der Waals surface area contributed by atoms with Crippen molar-refractivity contribution < 1.29 is 0 Å². The molecule has 116 valence electrons. The lowest BCUT2D eigenvalue weighted by molar-refractivity contribution is 0.954. The highest BCUT2D eigenvalue weighted by atomic mass is 14.3. The first-order valence-electron chi connectivity index (χ1n) is 8.47. The molecule has 0 heterocycles. The normalized spacial score (nSPS) is 13.2. The molecule has 0 fully saturated rings. The van der Waals surface area contributed by atoms with E-state index in [1.54, 1.807) is 0 Å². The minimum Gasteiger partial charge on any atom is -0.0683 e. The molecule has 0 radical (unpaired) electrons. The van der Waals surface area contributed by atoms with Crippen LogP contribution in [0.1, 0.15) is 71.1 Å². The molecule has 2 aromatic carbocycles. The molecule has 0 aromatic heterocycles. The summed E-state index contributed by atoms with van der Waals surface area (Å²) in [5.74, 6) is 0.552. The van der Waals surface area contributed by atoms with E-state index in [9.17, 15) is 0 Å². The fourth-order valence-corrected chi connectivity index (χ4v) is 2.57. The van der Waals surface area contributed by atoms with Crippen LogP contribution >= 0.6 is 0 Å². The molecule has 0 heteroatoms. The maximum Gasteiger partial charge on any atom is 0.00734 e. The molecular weight excluding hydrogens is 252 g/mol. The maximum absolute atomic E-state index is 2.32. The third-order valence-corrected chi connectivity index (χ3v) is 3.39. The van der Waals surface area contributed by atoms with Gasteiger partial charge in [-0.1, -0.05) is 96.5 Å². The predicted molar refractivity (Wildman–Crippen MR) is 98.2 cm³/mol. The summed E-state index contributed by atoms with van der Waals surface area (Å²) in [5.41, 5.74) is 7.14. The van der Waals surface area contributed by atoms with Crippen LogP contribution in [0.4, 0.5) is 0 Å². The Kier molecular flexibility index (Phi) is 9.45. The Hall–Kier alpha value is -1.56. The molecule has 3 rings (SSSR count). The van der Waals surface area contributed by atoms with Gasteiger partial charge < -0.3 is 0 Å². The summed E-state index contributed by atoms with van der Waals surface area (Å²) >= 11 is 0. The Morgan fingerprint density at radius 3 is 1.81 bits per heavy atom. The van der Waals surface area contributed by atoms with Crippen molar-refractivity contribution in [2.45, 2.75) is 61.3 Å². The van der Waals surface area contributed by atoms with Crippen LogP contribution in [0.2, 0.25) is 0 Å². The molecule has 1 unspecified atom stereocenters. The Bertz CT molecular complexity index is 523. The van der Waals surface area contributed by atoms with Gasteiger partial charge in [-0.25, -0.2) is 0 Å². The zero-order chi connectivity index (χ0) is 16.4. The lowest BCUT2D eigenvalue weighted by Gasteiger charge is -2.06. The third-order valence-electron chi connectivity index (χ3n) is 3.39. The molecule has 0 aliphatic heterocycles. The number of hydrogen-bond acceptors (Lipinski definition) is 0. The van der Waals surface area contributed by atoms with Gasteiger partial charge in [0.25, 0.3) is 0 Å². The second-order valence-electron chi connectivity index (χ2n) is 4.40. The Morgan fingerprint density at radius 2 is 1.19 bits per heavy atom. The van der Waals surface area contributed by atoms with Crippen molar-refractivity contribution in [1.29, 1.82) is 0 Å². The first-order valence-corrected chi connectivity index (χ1v) is 8.47. The Labute approximate surface area is 132 Å². The minimum atomic E-state index is 0.552. The molecule has 1 atom stereocenters. The predicted octanol–water partition coefficient (Wildman–Crippen LogP) is 7.21. The highest BCUT2D eigenvalue weighted by Crippen LogP contribution is 2.44. The molecule has 2 aromatic rings. The van der Waals surface area contributed by atoms with Crippen molar-refractivity contribution in [3.05, 3.63) is 59.2 Å². The topological polar surface area (TPSA) is 0 Å². The van der Waals surface area contributed by atoms with Crippen LogP contribution in [0.25, 0.3) is 11.1 Å². The van der Waals surface area contributed by atoms with E-state index in [0.717, 1.165) is 0 Å². The van der Waals surface area contributed by atoms with Crippen molar-refractivity contribution in [2.75, 3.05) is 0 Å². The summed E-state index contributed by atoms with van der Waals surface area (Å²) < 4.78 is 0. The molecular formula is C21H32.